The van der Waals surface area contributed by atoms with E-state index >= 15 is 0 Å². The van der Waals surface area contributed by atoms with Gasteiger partial charge in [-0.3, -0.25) is 9.69 Å². The molecule has 1 N–H and O–H groups in total. The average Bonchev–Trinajstić information content (AvgIpc) is 2.69. The fourth-order valence-corrected chi connectivity index (χ4v) is 3.32. The number of nitrogens with zero attached hydrogens (tertiary/aromatic N) is 1. The van der Waals surface area contributed by atoms with Crippen molar-refractivity contribution >= 4 is 11.6 Å². The molecule has 1 unspecified atom stereocenters. The van der Waals surface area contributed by atoms with Crippen molar-refractivity contribution in [2.45, 2.75) is 45.8 Å². The summed E-state index contributed by atoms with van der Waals surface area (Å²) in [5, 5.41) is 3.07. The van der Waals surface area contributed by atoms with E-state index in [9.17, 15) is 4.79 Å². The molecule has 1 aliphatic rings. The van der Waals surface area contributed by atoms with Crippen molar-refractivity contribution in [3.05, 3.63) is 59.7 Å². The molecule has 4 nitrogen and oxygen atoms in total. The fourth-order valence-electron chi connectivity index (χ4n) is 3.32. The molecule has 26 heavy (non-hydrogen) atoms. The van der Waals surface area contributed by atoms with Crippen LogP contribution in [0.3, 0.4) is 0 Å². The van der Waals surface area contributed by atoms with Gasteiger partial charge in [0.1, 0.15) is 12.4 Å². The molecule has 1 fully saturated rings. The highest BCUT2D eigenvalue weighted by atomic mass is 16.5. The molecule has 1 atom stereocenters. The van der Waals surface area contributed by atoms with Crippen molar-refractivity contribution in [3.8, 4) is 5.75 Å². The Bertz CT molecular complexity index is 724. The molecule has 0 saturated carbocycles. The topological polar surface area (TPSA) is 41.6 Å². The van der Waals surface area contributed by atoms with Gasteiger partial charge in [0, 0.05) is 5.69 Å². The Kier molecular flexibility index (Phi) is 6.29. The predicted molar refractivity (Wildman–Crippen MR) is 105 cm³/mol. The molecule has 0 bridgehead atoms. The van der Waals surface area contributed by atoms with Gasteiger partial charge in [-0.25, -0.2) is 0 Å². The molecule has 2 aromatic carbocycles. The van der Waals surface area contributed by atoms with E-state index in [1.54, 1.807) is 0 Å². The molecule has 1 heterocycles. The number of nitrogens with one attached hydrogen (secondary N) is 1. The predicted octanol–water partition coefficient (Wildman–Crippen LogP) is 4.39. The van der Waals surface area contributed by atoms with Crippen LogP contribution in [0.15, 0.2) is 48.5 Å². The van der Waals surface area contributed by atoms with Crippen molar-refractivity contribution in [1.82, 2.24) is 4.90 Å². The van der Waals surface area contributed by atoms with E-state index in [0.29, 0.717) is 6.61 Å². The van der Waals surface area contributed by atoms with E-state index < -0.39 is 0 Å². The Balaban J connectivity index is 1.57. The first kappa shape index (κ1) is 18.5. The van der Waals surface area contributed by atoms with Crippen LogP contribution in [0.25, 0.3) is 0 Å². The van der Waals surface area contributed by atoms with Gasteiger partial charge >= 0.3 is 0 Å². The van der Waals surface area contributed by atoms with Crippen molar-refractivity contribution in [3.63, 3.8) is 0 Å². The average molecular weight is 352 g/mol. The fraction of sp³-hybridized carbons (Fsp3) is 0.409. The summed E-state index contributed by atoms with van der Waals surface area (Å²) in [6, 6.07) is 15.8. The molecule has 0 aromatic heterocycles. The lowest BCUT2D eigenvalue weighted by Gasteiger charge is -2.31. The number of aryl methyl sites for hydroxylation is 1. The summed E-state index contributed by atoms with van der Waals surface area (Å²) in [5.41, 5.74) is 3.00. The third-order valence-electron chi connectivity index (χ3n) is 5.02. The minimum Gasteiger partial charge on any atom is -0.489 e. The minimum atomic E-state index is -0.0938. The minimum absolute atomic E-state index is 0.0629. The van der Waals surface area contributed by atoms with Crippen LogP contribution in [-0.2, 0) is 11.4 Å². The second kappa shape index (κ2) is 8.86. The van der Waals surface area contributed by atoms with Crippen molar-refractivity contribution in [2.24, 2.45) is 0 Å². The quantitative estimate of drug-likeness (QED) is 0.838. The van der Waals surface area contributed by atoms with E-state index in [1.807, 2.05) is 62.4 Å². The molecular weight excluding hydrogens is 324 g/mol. The smallest absolute Gasteiger partial charge is 0.241 e. The van der Waals surface area contributed by atoms with Gasteiger partial charge in [0.2, 0.25) is 5.91 Å². The summed E-state index contributed by atoms with van der Waals surface area (Å²) in [7, 11) is 0. The largest absolute Gasteiger partial charge is 0.489 e. The molecule has 0 aliphatic carbocycles. The summed E-state index contributed by atoms with van der Waals surface area (Å²) < 4.78 is 5.85. The first-order valence-electron chi connectivity index (χ1n) is 9.46. The summed E-state index contributed by atoms with van der Waals surface area (Å²) in [6.45, 7) is 6.56. The summed E-state index contributed by atoms with van der Waals surface area (Å²) >= 11 is 0. The van der Waals surface area contributed by atoms with E-state index in [2.05, 4.69) is 10.2 Å². The normalized spacial score (nSPS) is 16.1. The van der Waals surface area contributed by atoms with Gasteiger partial charge in [0.05, 0.1) is 6.04 Å². The zero-order chi connectivity index (χ0) is 18.4. The molecule has 2 aromatic rings. The molecule has 1 amide bonds. The van der Waals surface area contributed by atoms with Crippen molar-refractivity contribution < 1.29 is 9.53 Å². The van der Waals surface area contributed by atoms with E-state index in [1.165, 1.54) is 19.3 Å². The molecular formula is C22H28N2O2. The summed E-state index contributed by atoms with van der Waals surface area (Å²) in [6.07, 6.45) is 3.64. The Hall–Kier alpha value is -2.33. The van der Waals surface area contributed by atoms with Crippen LogP contribution in [0.4, 0.5) is 5.69 Å². The molecule has 0 radical (unpaired) electrons. The zero-order valence-electron chi connectivity index (χ0n) is 15.7. The third-order valence-corrected chi connectivity index (χ3v) is 5.02. The van der Waals surface area contributed by atoms with Crippen LogP contribution in [0.2, 0.25) is 0 Å². The SMILES string of the molecule is Cc1cc(OCc2ccccc2)ccc1NC(=O)C(C)N1CCCCC1. The lowest BCUT2D eigenvalue weighted by molar-refractivity contribution is -0.121. The number of likely N-dealkylation sites (tertiary alicyclic amines) is 1. The maximum atomic E-state index is 12.6. The van der Waals surface area contributed by atoms with Crippen LogP contribution in [0, 0.1) is 6.92 Å². The van der Waals surface area contributed by atoms with Crippen molar-refractivity contribution in [1.29, 1.82) is 0 Å². The number of carbonyl (C=O) groups excluding carboxylic acids is 1. The van der Waals surface area contributed by atoms with Gasteiger partial charge in [-0.05, 0) is 69.1 Å². The van der Waals surface area contributed by atoms with E-state index in [0.717, 1.165) is 35.7 Å². The number of rotatable bonds is 6. The highest BCUT2D eigenvalue weighted by molar-refractivity contribution is 5.95. The van der Waals surface area contributed by atoms with Gasteiger partial charge in [-0.1, -0.05) is 36.8 Å². The number of carbonyl (C=O) groups is 1. The number of hydrogen-bond acceptors (Lipinski definition) is 3. The molecule has 1 aliphatic heterocycles. The van der Waals surface area contributed by atoms with E-state index in [4.69, 9.17) is 4.74 Å². The van der Waals surface area contributed by atoms with E-state index in [-0.39, 0.29) is 11.9 Å². The number of piperidine rings is 1. The third kappa shape index (κ3) is 4.85. The Morgan fingerprint density at radius 2 is 1.85 bits per heavy atom. The number of amides is 1. The maximum Gasteiger partial charge on any atom is 0.241 e. The highest BCUT2D eigenvalue weighted by Crippen LogP contribution is 2.23. The number of benzene rings is 2. The highest BCUT2D eigenvalue weighted by Gasteiger charge is 2.23. The standard InChI is InChI=1S/C22H28N2O2/c1-17-15-20(26-16-19-9-5-3-6-10-19)11-12-21(17)23-22(25)18(2)24-13-7-4-8-14-24/h3,5-6,9-12,15,18H,4,7-8,13-14,16H2,1-2H3,(H,23,25). The van der Waals surface area contributed by atoms with Gasteiger partial charge in [-0.15, -0.1) is 0 Å². The first-order chi connectivity index (χ1) is 12.6. The van der Waals surface area contributed by atoms with Crippen LogP contribution in [-0.4, -0.2) is 29.9 Å². The number of ether oxygens (including phenoxy) is 1. The zero-order valence-corrected chi connectivity index (χ0v) is 15.7. The Morgan fingerprint density at radius 3 is 2.54 bits per heavy atom. The second-order valence-electron chi connectivity index (χ2n) is 7.01. The van der Waals surface area contributed by atoms with Gasteiger partial charge in [0.15, 0.2) is 0 Å². The Labute approximate surface area is 156 Å². The van der Waals surface area contributed by atoms with Crippen LogP contribution in [0.5, 0.6) is 5.75 Å². The Morgan fingerprint density at radius 1 is 1.12 bits per heavy atom. The van der Waals surface area contributed by atoms with Crippen LogP contribution in [0.1, 0.15) is 37.3 Å². The maximum absolute atomic E-state index is 12.6. The van der Waals surface area contributed by atoms with Gasteiger partial charge in [0.25, 0.3) is 0 Å². The summed E-state index contributed by atoms with van der Waals surface area (Å²) in [4.78, 5) is 14.8. The number of hydrogen-bond donors (Lipinski definition) is 1. The van der Waals surface area contributed by atoms with Crippen LogP contribution >= 0.6 is 0 Å². The first-order valence-corrected chi connectivity index (χ1v) is 9.46. The molecule has 0 spiro atoms. The summed E-state index contributed by atoms with van der Waals surface area (Å²) in [5.74, 6) is 0.876. The molecule has 3 rings (SSSR count). The molecule has 138 valence electrons. The van der Waals surface area contributed by atoms with Gasteiger partial charge in [-0.2, -0.15) is 0 Å². The van der Waals surface area contributed by atoms with Gasteiger partial charge < -0.3 is 10.1 Å². The monoisotopic (exact) mass is 352 g/mol. The second-order valence-corrected chi connectivity index (χ2v) is 7.01. The van der Waals surface area contributed by atoms with Crippen LogP contribution < -0.4 is 10.1 Å². The number of anilines is 1. The van der Waals surface area contributed by atoms with Crippen molar-refractivity contribution in [2.75, 3.05) is 18.4 Å². The lowest BCUT2D eigenvalue weighted by atomic mass is 10.1. The molecule has 4 heteroatoms. The molecule has 1 saturated heterocycles. The lowest BCUT2D eigenvalue weighted by Crippen LogP contribution is -2.44.